The van der Waals surface area contributed by atoms with Crippen LogP contribution in [0.2, 0.25) is 0 Å². The number of nitrogens with zero attached hydrogens (tertiary/aromatic N) is 1. The smallest absolute Gasteiger partial charge is 0.371 e. The Morgan fingerprint density at radius 2 is 1.89 bits per heavy atom. The van der Waals surface area contributed by atoms with E-state index >= 15 is 0 Å². The number of carbonyl (C=O) groups excluding carboxylic acids is 2. The summed E-state index contributed by atoms with van der Waals surface area (Å²) < 4.78 is 38.8. The lowest BCUT2D eigenvalue weighted by atomic mass is 9.76. The van der Waals surface area contributed by atoms with Gasteiger partial charge in [-0.2, -0.15) is 13.2 Å². The second kappa shape index (κ2) is 11.1. The van der Waals surface area contributed by atoms with E-state index in [0.29, 0.717) is 6.54 Å². The van der Waals surface area contributed by atoms with Gasteiger partial charge in [-0.1, -0.05) is 12.1 Å². The third-order valence-corrected chi connectivity index (χ3v) is 7.86. The Labute approximate surface area is 213 Å². The molecule has 3 N–H and O–H groups in total. The van der Waals surface area contributed by atoms with Crippen LogP contribution in [0.3, 0.4) is 0 Å². The largest absolute Gasteiger partial charge is 0.416 e. The van der Waals surface area contributed by atoms with Gasteiger partial charge in [-0.25, -0.2) is 0 Å². The van der Waals surface area contributed by atoms with Crippen molar-refractivity contribution in [2.45, 2.75) is 35.9 Å². The van der Waals surface area contributed by atoms with Crippen molar-refractivity contribution in [2.24, 2.45) is 5.92 Å². The van der Waals surface area contributed by atoms with Crippen LogP contribution in [-0.4, -0.2) is 56.3 Å². The van der Waals surface area contributed by atoms with Crippen LogP contribution in [0.1, 0.15) is 35.2 Å². The molecule has 2 amide bonds. The van der Waals surface area contributed by atoms with Crippen molar-refractivity contribution >= 4 is 29.3 Å². The summed E-state index contributed by atoms with van der Waals surface area (Å²) in [5.41, 5.74) is -0.222. The molecule has 2 aliphatic rings. The van der Waals surface area contributed by atoms with E-state index < -0.39 is 23.2 Å². The average molecular weight is 521 g/mol. The zero-order chi connectivity index (χ0) is 25.8. The van der Waals surface area contributed by atoms with Gasteiger partial charge in [0.1, 0.15) is 0 Å². The Hall–Kier alpha value is -2.72. The molecular weight excluding hydrogens is 489 g/mol. The molecule has 2 aromatic rings. The first-order valence-electron chi connectivity index (χ1n) is 12.1. The van der Waals surface area contributed by atoms with E-state index in [1.54, 1.807) is 11.8 Å². The molecule has 36 heavy (non-hydrogen) atoms. The normalized spacial score (nSPS) is 20.8. The van der Waals surface area contributed by atoms with Crippen molar-refractivity contribution < 1.29 is 22.8 Å². The van der Waals surface area contributed by atoms with Gasteiger partial charge in [0, 0.05) is 35.8 Å². The summed E-state index contributed by atoms with van der Waals surface area (Å²) in [6, 6.07) is 12.7. The second-order valence-electron chi connectivity index (χ2n) is 9.36. The van der Waals surface area contributed by atoms with Gasteiger partial charge in [0.25, 0.3) is 5.91 Å². The van der Waals surface area contributed by atoms with E-state index in [1.807, 2.05) is 0 Å². The van der Waals surface area contributed by atoms with Crippen LogP contribution in [0.5, 0.6) is 0 Å². The maximum atomic E-state index is 12.9. The number of nitrogens with one attached hydrogen (secondary N) is 3. The van der Waals surface area contributed by atoms with Gasteiger partial charge in [0.2, 0.25) is 5.91 Å². The number of piperidine rings is 1. The van der Waals surface area contributed by atoms with E-state index in [9.17, 15) is 22.8 Å². The number of hydrogen-bond donors (Lipinski definition) is 3. The molecule has 2 aliphatic heterocycles. The molecule has 0 aromatic heterocycles. The Kier molecular flexibility index (Phi) is 8.14. The third kappa shape index (κ3) is 6.15. The van der Waals surface area contributed by atoms with Crippen LogP contribution in [0.15, 0.2) is 53.4 Å². The van der Waals surface area contributed by atoms with Gasteiger partial charge in [0.15, 0.2) is 0 Å². The summed E-state index contributed by atoms with van der Waals surface area (Å²) in [5.74, 6) is -0.764. The van der Waals surface area contributed by atoms with E-state index in [1.165, 1.54) is 22.7 Å². The van der Waals surface area contributed by atoms with Crippen LogP contribution in [-0.2, 0) is 11.0 Å². The van der Waals surface area contributed by atoms with E-state index in [0.717, 1.165) is 51.0 Å². The highest BCUT2D eigenvalue weighted by atomic mass is 32.2. The summed E-state index contributed by atoms with van der Waals surface area (Å²) in [7, 11) is 0. The first-order valence-corrected chi connectivity index (χ1v) is 13.3. The predicted molar refractivity (Wildman–Crippen MR) is 135 cm³/mol. The van der Waals surface area contributed by atoms with Gasteiger partial charge in [-0.3, -0.25) is 9.59 Å². The number of thioether (sulfide) groups is 1. The molecule has 2 fully saturated rings. The summed E-state index contributed by atoms with van der Waals surface area (Å²) in [6.45, 7) is 2.95. The molecule has 0 saturated carbocycles. The Morgan fingerprint density at radius 3 is 2.56 bits per heavy atom. The summed E-state index contributed by atoms with van der Waals surface area (Å²) in [5, 5.41) is 8.98. The number of rotatable bonds is 7. The lowest BCUT2D eigenvalue weighted by Gasteiger charge is -2.43. The van der Waals surface area contributed by atoms with E-state index in [2.05, 4.69) is 51.4 Å². The first kappa shape index (κ1) is 26.3. The topological polar surface area (TPSA) is 73.5 Å². The zero-order valence-electron chi connectivity index (χ0n) is 20.2. The van der Waals surface area contributed by atoms with Crippen molar-refractivity contribution in [1.82, 2.24) is 16.0 Å². The first-order chi connectivity index (χ1) is 17.2. The minimum Gasteiger partial charge on any atom is -0.371 e. The number of amides is 2. The minimum absolute atomic E-state index is 0.132. The zero-order valence-corrected chi connectivity index (χ0v) is 21.0. The molecule has 1 atom stereocenters. The fourth-order valence-corrected chi connectivity index (χ4v) is 5.64. The number of carbonyl (C=O) groups is 2. The minimum atomic E-state index is -4.54. The standard InChI is InChI=1S/C26H31F3N4O2S/c1-36-22-7-3-6-21(15-22)33-12-8-19(9-13-33)25(10-11-30-17-25)32-23(34)16-31-24(35)18-4-2-5-20(14-18)26(27,28)29/h2-7,14-15,19,30H,8-13,16-17H2,1H3,(H,31,35)(H,32,34)/t25-/m0/s1. The number of anilines is 1. The fourth-order valence-electron chi connectivity index (χ4n) is 5.19. The summed E-state index contributed by atoms with van der Waals surface area (Å²) >= 11 is 1.72. The molecular formula is C26H31F3N4O2S. The second-order valence-corrected chi connectivity index (χ2v) is 10.2. The Bertz CT molecular complexity index is 1080. The maximum absolute atomic E-state index is 12.9. The van der Waals surface area contributed by atoms with Gasteiger partial charge in [0.05, 0.1) is 17.6 Å². The van der Waals surface area contributed by atoms with Crippen LogP contribution in [0.4, 0.5) is 18.9 Å². The van der Waals surface area contributed by atoms with E-state index in [-0.39, 0.29) is 23.9 Å². The third-order valence-electron chi connectivity index (χ3n) is 7.13. The number of hydrogen-bond acceptors (Lipinski definition) is 5. The SMILES string of the molecule is CSc1cccc(N2CCC([C@]3(NC(=O)CNC(=O)c4cccc(C(F)(F)F)c4)CCNC3)CC2)c1. The van der Waals surface area contributed by atoms with Crippen LogP contribution in [0.25, 0.3) is 0 Å². The van der Waals surface area contributed by atoms with Crippen LogP contribution in [0, 0.1) is 5.92 Å². The molecule has 0 radical (unpaired) electrons. The molecule has 0 spiro atoms. The highest BCUT2D eigenvalue weighted by Gasteiger charge is 2.43. The molecule has 4 rings (SSSR count). The van der Waals surface area contributed by atoms with Gasteiger partial charge in [-0.15, -0.1) is 11.8 Å². The molecule has 6 nitrogen and oxygen atoms in total. The summed E-state index contributed by atoms with van der Waals surface area (Å²) in [4.78, 5) is 28.8. The monoisotopic (exact) mass is 520 g/mol. The molecule has 2 heterocycles. The molecule has 2 saturated heterocycles. The highest BCUT2D eigenvalue weighted by molar-refractivity contribution is 7.98. The molecule has 2 aromatic carbocycles. The quantitative estimate of drug-likeness (QED) is 0.483. The van der Waals surface area contributed by atoms with Crippen molar-refractivity contribution in [3.8, 4) is 0 Å². The van der Waals surface area contributed by atoms with Crippen LogP contribution < -0.4 is 20.9 Å². The molecule has 0 unspecified atom stereocenters. The molecule has 0 bridgehead atoms. The van der Waals surface area contributed by atoms with Gasteiger partial charge < -0.3 is 20.9 Å². The van der Waals surface area contributed by atoms with Crippen molar-refractivity contribution in [1.29, 1.82) is 0 Å². The molecule has 10 heteroatoms. The number of alkyl halides is 3. The summed E-state index contributed by atoms with van der Waals surface area (Å²) in [6.07, 6.45) is 0.187. The van der Waals surface area contributed by atoms with Gasteiger partial charge in [-0.05, 0) is 74.4 Å². The highest BCUT2D eigenvalue weighted by Crippen LogP contribution is 2.35. The predicted octanol–water partition coefficient (Wildman–Crippen LogP) is 3.92. The van der Waals surface area contributed by atoms with Crippen LogP contribution >= 0.6 is 11.8 Å². The molecule has 194 valence electrons. The van der Waals surface area contributed by atoms with Crippen molar-refractivity contribution in [3.63, 3.8) is 0 Å². The maximum Gasteiger partial charge on any atom is 0.416 e. The Morgan fingerprint density at radius 1 is 1.14 bits per heavy atom. The van der Waals surface area contributed by atoms with Gasteiger partial charge >= 0.3 is 6.18 Å². The average Bonchev–Trinajstić information content (AvgIpc) is 3.36. The molecule has 0 aliphatic carbocycles. The van der Waals surface area contributed by atoms with E-state index in [4.69, 9.17) is 0 Å². The fraction of sp³-hybridized carbons (Fsp3) is 0.462. The van der Waals surface area contributed by atoms with Crippen molar-refractivity contribution in [3.05, 3.63) is 59.7 Å². The lowest BCUT2D eigenvalue weighted by Crippen LogP contribution is -2.59. The Balaban J connectivity index is 1.34. The number of benzene rings is 2. The van der Waals surface area contributed by atoms with Crippen molar-refractivity contribution in [2.75, 3.05) is 43.9 Å². The lowest BCUT2D eigenvalue weighted by molar-refractivity contribution is -0.137. The number of halogens is 3.